The minimum Gasteiger partial charge on any atom is -0.493 e. The van der Waals surface area contributed by atoms with Crippen molar-refractivity contribution in [2.75, 3.05) is 12.0 Å². The number of halogens is 3. The molecule has 3 aromatic rings. The Kier molecular flexibility index (Phi) is 7.60. The molecule has 184 valence electrons. The maximum absolute atomic E-state index is 13.5. The van der Waals surface area contributed by atoms with Gasteiger partial charge in [-0.25, -0.2) is 14.1 Å². The van der Waals surface area contributed by atoms with Gasteiger partial charge in [-0.15, -0.1) is 0 Å². The smallest absolute Gasteiger partial charge is 0.335 e. The molecule has 0 aliphatic carbocycles. The summed E-state index contributed by atoms with van der Waals surface area (Å²) in [6.07, 6.45) is 1.37. The van der Waals surface area contributed by atoms with Crippen molar-refractivity contribution in [1.29, 1.82) is 0 Å². The van der Waals surface area contributed by atoms with Crippen LogP contribution in [0.5, 0.6) is 11.5 Å². The van der Waals surface area contributed by atoms with Crippen LogP contribution in [0.15, 0.2) is 60.2 Å². The summed E-state index contributed by atoms with van der Waals surface area (Å²) in [6.45, 7) is 1.84. The number of imide groups is 2. The molecule has 1 aliphatic heterocycles. The number of rotatable bonds is 6. The third kappa shape index (κ3) is 5.36. The van der Waals surface area contributed by atoms with E-state index in [9.17, 15) is 18.8 Å². The van der Waals surface area contributed by atoms with Crippen molar-refractivity contribution in [3.63, 3.8) is 0 Å². The second-order valence-electron chi connectivity index (χ2n) is 7.84. The van der Waals surface area contributed by atoms with Crippen LogP contribution in [-0.2, 0) is 16.2 Å². The van der Waals surface area contributed by atoms with Crippen molar-refractivity contribution >= 4 is 63.8 Å². The SMILES string of the molecule is COc1cc(/C=C2\C(=O)NC(=O)N(c3cc(Cl)ccc3C)C2=O)cc(I)c1OCc1cccc(F)c1. The van der Waals surface area contributed by atoms with Gasteiger partial charge in [-0.2, -0.15) is 0 Å². The summed E-state index contributed by atoms with van der Waals surface area (Å²) in [5.41, 5.74) is 1.79. The van der Waals surface area contributed by atoms with Crippen LogP contribution < -0.4 is 19.7 Å². The first-order valence-corrected chi connectivity index (χ1v) is 12.1. The molecule has 0 aromatic heterocycles. The van der Waals surface area contributed by atoms with Gasteiger partial charge in [-0.05, 0) is 88.7 Å². The first kappa shape index (κ1) is 25.6. The van der Waals surface area contributed by atoms with E-state index in [1.807, 2.05) is 22.6 Å². The number of aryl methyl sites for hydroxylation is 1. The van der Waals surface area contributed by atoms with E-state index in [4.69, 9.17) is 21.1 Å². The van der Waals surface area contributed by atoms with Crippen molar-refractivity contribution in [3.05, 3.63) is 91.3 Å². The zero-order valence-corrected chi connectivity index (χ0v) is 22.0. The number of benzene rings is 3. The highest BCUT2D eigenvalue weighted by Gasteiger charge is 2.37. The number of anilines is 1. The standard InChI is InChI=1S/C26H19ClFIN2O5/c1-14-6-7-17(27)12-21(14)31-25(33)19(24(32)30-26(31)34)9-16-10-20(29)23(22(11-16)35-2)36-13-15-4-3-5-18(28)8-15/h3-12H,13H2,1-2H3,(H,30,32,34)/b19-9+. The number of methoxy groups -OCH3 is 1. The summed E-state index contributed by atoms with van der Waals surface area (Å²) in [5, 5.41) is 2.54. The van der Waals surface area contributed by atoms with Crippen LogP contribution in [0.3, 0.4) is 0 Å². The molecular formula is C26H19ClFIN2O5. The summed E-state index contributed by atoms with van der Waals surface area (Å²) >= 11 is 8.11. The number of carbonyl (C=O) groups excluding carboxylic acids is 3. The predicted molar refractivity (Wildman–Crippen MR) is 142 cm³/mol. The lowest BCUT2D eigenvalue weighted by Crippen LogP contribution is -2.54. The van der Waals surface area contributed by atoms with E-state index in [0.29, 0.717) is 36.8 Å². The highest BCUT2D eigenvalue weighted by Crippen LogP contribution is 2.36. The molecule has 0 bridgehead atoms. The normalized spacial score (nSPS) is 14.8. The average molecular weight is 621 g/mol. The molecule has 3 aromatic carbocycles. The van der Waals surface area contributed by atoms with Gasteiger partial charge in [0.1, 0.15) is 18.0 Å². The molecule has 0 unspecified atom stereocenters. The summed E-state index contributed by atoms with van der Waals surface area (Å²) in [4.78, 5) is 39.2. The predicted octanol–water partition coefficient (Wildman–Crippen LogP) is 5.65. The first-order chi connectivity index (χ1) is 17.2. The quantitative estimate of drug-likeness (QED) is 0.219. The van der Waals surface area contributed by atoms with Crippen molar-refractivity contribution in [2.45, 2.75) is 13.5 Å². The Morgan fingerprint density at radius 3 is 2.61 bits per heavy atom. The van der Waals surface area contributed by atoms with Gasteiger partial charge in [-0.3, -0.25) is 14.9 Å². The molecule has 0 atom stereocenters. The summed E-state index contributed by atoms with van der Waals surface area (Å²) in [6, 6.07) is 13.3. The van der Waals surface area contributed by atoms with Crippen LogP contribution in [-0.4, -0.2) is 25.0 Å². The van der Waals surface area contributed by atoms with Crippen molar-refractivity contribution < 1.29 is 28.2 Å². The molecule has 0 saturated carbocycles. The summed E-state index contributed by atoms with van der Waals surface area (Å²) in [5.74, 6) is -1.19. The Hall–Kier alpha value is -3.44. The minimum absolute atomic E-state index is 0.113. The average Bonchev–Trinajstić information content (AvgIpc) is 2.83. The van der Waals surface area contributed by atoms with Gasteiger partial charge < -0.3 is 9.47 Å². The van der Waals surface area contributed by atoms with E-state index >= 15 is 0 Å². The molecule has 1 N–H and O–H groups in total. The lowest BCUT2D eigenvalue weighted by molar-refractivity contribution is -0.122. The number of nitrogens with zero attached hydrogens (tertiary/aromatic N) is 1. The fraction of sp³-hybridized carbons (Fsp3) is 0.115. The van der Waals surface area contributed by atoms with Gasteiger partial charge in [-0.1, -0.05) is 29.8 Å². The molecule has 0 spiro atoms. The van der Waals surface area contributed by atoms with Crippen LogP contribution in [0, 0.1) is 16.3 Å². The highest BCUT2D eigenvalue weighted by atomic mass is 127. The topological polar surface area (TPSA) is 84.9 Å². The van der Waals surface area contributed by atoms with Crippen molar-refractivity contribution in [3.8, 4) is 11.5 Å². The van der Waals surface area contributed by atoms with E-state index in [1.54, 1.807) is 43.3 Å². The second-order valence-corrected chi connectivity index (χ2v) is 9.44. The largest absolute Gasteiger partial charge is 0.493 e. The third-order valence-corrected chi connectivity index (χ3v) is 6.39. The Bertz CT molecular complexity index is 1430. The summed E-state index contributed by atoms with van der Waals surface area (Å²) < 4.78 is 25.4. The number of carbonyl (C=O) groups is 3. The number of ether oxygens (including phenoxy) is 2. The van der Waals surface area contributed by atoms with E-state index in [2.05, 4.69) is 5.32 Å². The van der Waals surface area contributed by atoms with E-state index < -0.39 is 17.8 Å². The van der Waals surface area contributed by atoms with Crippen molar-refractivity contribution in [2.24, 2.45) is 0 Å². The van der Waals surface area contributed by atoms with Crippen LogP contribution in [0.1, 0.15) is 16.7 Å². The fourth-order valence-corrected chi connectivity index (χ4v) is 4.56. The molecule has 4 rings (SSSR count). The zero-order chi connectivity index (χ0) is 26.0. The molecule has 0 radical (unpaired) electrons. The number of urea groups is 1. The maximum Gasteiger partial charge on any atom is 0.335 e. The molecule has 10 heteroatoms. The monoisotopic (exact) mass is 620 g/mol. The molecule has 7 nitrogen and oxygen atoms in total. The lowest BCUT2D eigenvalue weighted by atomic mass is 10.1. The van der Waals surface area contributed by atoms with E-state index in [0.717, 1.165) is 4.90 Å². The zero-order valence-electron chi connectivity index (χ0n) is 19.1. The second kappa shape index (κ2) is 10.7. The molecule has 1 saturated heterocycles. The third-order valence-electron chi connectivity index (χ3n) is 5.35. The van der Waals surface area contributed by atoms with Gasteiger partial charge >= 0.3 is 6.03 Å². The Balaban J connectivity index is 1.66. The maximum atomic E-state index is 13.5. The molecule has 36 heavy (non-hydrogen) atoms. The van der Waals surface area contributed by atoms with Gasteiger partial charge in [0.15, 0.2) is 11.5 Å². The Morgan fingerprint density at radius 2 is 1.89 bits per heavy atom. The highest BCUT2D eigenvalue weighted by molar-refractivity contribution is 14.1. The molecule has 4 amide bonds. The van der Waals surface area contributed by atoms with E-state index in [1.165, 1.54) is 31.4 Å². The van der Waals surface area contributed by atoms with Crippen molar-refractivity contribution in [1.82, 2.24) is 5.32 Å². The van der Waals surface area contributed by atoms with E-state index in [-0.39, 0.29) is 23.7 Å². The van der Waals surface area contributed by atoms with Crippen LogP contribution in [0.25, 0.3) is 6.08 Å². The molecule has 1 fully saturated rings. The van der Waals surface area contributed by atoms with Gasteiger partial charge in [0.2, 0.25) is 0 Å². The lowest BCUT2D eigenvalue weighted by Gasteiger charge is -2.27. The molecule has 1 aliphatic rings. The number of hydrogen-bond donors (Lipinski definition) is 1. The molecular weight excluding hydrogens is 602 g/mol. The number of hydrogen-bond acceptors (Lipinski definition) is 5. The molecule has 1 heterocycles. The Labute approximate surface area is 225 Å². The van der Waals surface area contributed by atoms with Crippen LogP contribution >= 0.6 is 34.2 Å². The van der Waals surface area contributed by atoms with Gasteiger partial charge in [0.05, 0.1) is 16.4 Å². The van der Waals surface area contributed by atoms with Crippen LogP contribution in [0.2, 0.25) is 5.02 Å². The number of barbiturate groups is 1. The number of amides is 4. The van der Waals surface area contributed by atoms with Gasteiger partial charge in [0.25, 0.3) is 11.8 Å². The summed E-state index contributed by atoms with van der Waals surface area (Å²) in [7, 11) is 1.46. The first-order valence-electron chi connectivity index (χ1n) is 10.6. The Morgan fingerprint density at radius 1 is 1.11 bits per heavy atom. The fourth-order valence-electron chi connectivity index (χ4n) is 3.61. The van der Waals surface area contributed by atoms with Gasteiger partial charge in [0, 0.05) is 5.02 Å². The minimum atomic E-state index is -0.860. The van der Waals surface area contributed by atoms with Crippen LogP contribution in [0.4, 0.5) is 14.9 Å². The number of nitrogens with one attached hydrogen (secondary N) is 1.